The van der Waals surface area contributed by atoms with Gasteiger partial charge in [0.1, 0.15) is 16.3 Å². The lowest BCUT2D eigenvalue weighted by atomic mass is 10.0. The van der Waals surface area contributed by atoms with Gasteiger partial charge in [0.05, 0.1) is 11.5 Å². The van der Waals surface area contributed by atoms with Crippen LogP contribution < -0.4 is 10.1 Å². The number of carbonyl (C=O) groups is 2. The number of benzene rings is 2. The molecule has 0 atom stereocenters. The molecule has 0 saturated carbocycles. The topological polar surface area (TPSA) is 108 Å². The van der Waals surface area contributed by atoms with Crippen molar-refractivity contribution in [1.82, 2.24) is 0 Å². The molecule has 0 radical (unpaired) electrons. The number of amides is 1. The van der Waals surface area contributed by atoms with Crippen LogP contribution in [0.25, 0.3) is 11.1 Å². The minimum atomic E-state index is -0.582. The maximum absolute atomic E-state index is 12.8. The van der Waals surface area contributed by atoms with Crippen molar-refractivity contribution in [2.75, 3.05) is 18.5 Å². The van der Waals surface area contributed by atoms with Crippen LogP contribution in [0, 0.1) is 30.9 Å². The molecule has 0 saturated heterocycles. The summed E-state index contributed by atoms with van der Waals surface area (Å²) in [6.45, 7) is 7.32. The number of nitrogens with zero attached hydrogens (tertiary/aromatic N) is 1. The van der Waals surface area contributed by atoms with E-state index in [4.69, 9.17) is 9.47 Å². The molecule has 0 aliphatic heterocycles. The lowest BCUT2D eigenvalue weighted by Crippen LogP contribution is -2.21. The zero-order valence-electron chi connectivity index (χ0n) is 18.8. The number of ether oxygens (including phenoxy) is 2. The van der Waals surface area contributed by atoms with E-state index in [0.29, 0.717) is 21.9 Å². The Balaban J connectivity index is 1.89. The van der Waals surface area contributed by atoms with Gasteiger partial charge in [-0.3, -0.25) is 14.9 Å². The number of anilines is 1. The minimum absolute atomic E-state index is 0.0542. The number of rotatable bonds is 8. The van der Waals surface area contributed by atoms with Crippen molar-refractivity contribution in [3.63, 3.8) is 0 Å². The third-order valence-electron chi connectivity index (χ3n) is 5.10. The largest absolute Gasteiger partial charge is 0.483 e. The summed E-state index contributed by atoms with van der Waals surface area (Å²) in [7, 11) is 0. The van der Waals surface area contributed by atoms with Gasteiger partial charge in [0.15, 0.2) is 6.61 Å². The molecule has 1 heterocycles. The zero-order valence-corrected chi connectivity index (χ0v) is 19.6. The van der Waals surface area contributed by atoms with Gasteiger partial charge < -0.3 is 14.8 Å². The molecule has 0 unspecified atom stereocenters. The van der Waals surface area contributed by atoms with Gasteiger partial charge in [0, 0.05) is 22.6 Å². The van der Waals surface area contributed by atoms with E-state index < -0.39 is 16.8 Å². The number of nitro benzene ring substituents is 1. The first-order valence-corrected chi connectivity index (χ1v) is 11.1. The predicted molar refractivity (Wildman–Crippen MR) is 127 cm³/mol. The highest BCUT2D eigenvalue weighted by Crippen LogP contribution is 2.40. The van der Waals surface area contributed by atoms with Crippen LogP contribution in [0.4, 0.5) is 10.7 Å². The van der Waals surface area contributed by atoms with E-state index in [1.165, 1.54) is 23.5 Å². The molecular formula is C24H24N2O6S. The van der Waals surface area contributed by atoms with Crippen LogP contribution in [0.1, 0.15) is 33.3 Å². The number of nitrogens with one attached hydrogen (secondary N) is 1. The molecule has 0 aliphatic rings. The van der Waals surface area contributed by atoms with Crippen molar-refractivity contribution < 1.29 is 24.0 Å². The van der Waals surface area contributed by atoms with E-state index in [1.54, 1.807) is 25.1 Å². The highest BCUT2D eigenvalue weighted by atomic mass is 32.1. The third-order valence-corrected chi connectivity index (χ3v) is 6.12. The molecule has 9 heteroatoms. The van der Waals surface area contributed by atoms with Crippen molar-refractivity contribution in [3.05, 3.63) is 74.1 Å². The van der Waals surface area contributed by atoms with E-state index in [9.17, 15) is 19.7 Å². The fraction of sp³-hybridized carbons (Fsp3) is 0.250. The van der Waals surface area contributed by atoms with Gasteiger partial charge in [-0.2, -0.15) is 0 Å². The Hall–Kier alpha value is -3.72. The van der Waals surface area contributed by atoms with E-state index in [0.717, 1.165) is 16.0 Å². The number of hydrogen-bond donors (Lipinski definition) is 1. The monoisotopic (exact) mass is 468 g/mol. The van der Waals surface area contributed by atoms with Crippen LogP contribution >= 0.6 is 11.3 Å². The van der Waals surface area contributed by atoms with Crippen LogP contribution in [0.3, 0.4) is 0 Å². The van der Waals surface area contributed by atoms with Gasteiger partial charge in [-0.1, -0.05) is 12.1 Å². The second kappa shape index (κ2) is 10.3. The number of thiophene rings is 1. The van der Waals surface area contributed by atoms with Crippen molar-refractivity contribution in [2.45, 2.75) is 27.7 Å². The van der Waals surface area contributed by atoms with Crippen LogP contribution in [-0.2, 0) is 9.53 Å². The lowest BCUT2D eigenvalue weighted by molar-refractivity contribution is -0.384. The Morgan fingerprint density at radius 2 is 1.79 bits per heavy atom. The Bertz CT molecular complexity index is 1200. The average molecular weight is 469 g/mol. The smallest absolute Gasteiger partial charge is 0.341 e. The summed E-state index contributed by atoms with van der Waals surface area (Å²) < 4.78 is 10.9. The molecule has 172 valence electrons. The average Bonchev–Trinajstić information content (AvgIpc) is 3.10. The number of hydrogen-bond acceptors (Lipinski definition) is 7. The minimum Gasteiger partial charge on any atom is -0.483 e. The van der Waals surface area contributed by atoms with Crippen molar-refractivity contribution in [2.24, 2.45) is 0 Å². The van der Waals surface area contributed by atoms with E-state index in [-0.39, 0.29) is 24.5 Å². The van der Waals surface area contributed by atoms with Crippen molar-refractivity contribution >= 4 is 33.9 Å². The van der Waals surface area contributed by atoms with E-state index in [2.05, 4.69) is 5.32 Å². The molecule has 0 spiro atoms. The van der Waals surface area contributed by atoms with Crippen LogP contribution in [0.15, 0.2) is 42.5 Å². The molecule has 1 N–H and O–H groups in total. The quantitative estimate of drug-likeness (QED) is 0.268. The molecule has 0 bridgehead atoms. The van der Waals surface area contributed by atoms with E-state index in [1.807, 2.05) is 32.9 Å². The summed E-state index contributed by atoms with van der Waals surface area (Å²) in [5.41, 5.74) is 3.35. The van der Waals surface area contributed by atoms with Crippen molar-refractivity contribution in [3.8, 4) is 16.9 Å². The normalized spacial score (nSPS) is 10.5. The molecule has 1 amide bonds. The van der Waals surface area contributed by atoms with Gasteiger partial charge in [-0.15, -0.1) is 11.3 Å². The summed E-state index contributed by atoms with van der Waals surface area (Å²) in [5, 5.41) is 14.1. The maximum Gasteiger partial charge on any atom is 0.341 e. The van der Waals surface area contributed by atoms with Crippen LogP contribution in [0.2, 0.25) is 0 Å². The summed E-state index contributed by atoms with van der Waals surface area (Å²) in [5.74, 6) is -0.386. The first-order chi connectivity index (χ1) is 15.7. The first kappa shape index (κ1) is 23.9. The number of aryl methyl sites for hydroxylation is 2. The highest BCUT2D eigenvalue weighted by Gasteiger charge is 2.26. The Labute approximate surface area is 195 Å². The summed E-state index contributed by atoms with van der Waals surface area (Å²) in [6.07, 6.45) is 0. The molecule has 0 fully saturated rings. The zero-order chi connectivity index (χ0) is 24.1. The highest BCUT2D eigenvalue weighted by molar-refractivity contribution is 7.17. The number of esters is 1. The number of nitro groups is 1. The molecule has 8 nitrogen and oxygen atoms in total. The Kier molecular flexibility index (Phi) is 7.44. The first-order valence-electron chi connectivity index (χ1n) is 10.3. The molecular weight excluding hydrogens is 444 g/mol. The summed E-state index contributed by atoms with van der Waals surface area (Å²) in [4.78, 5) is 36.7. The van der Waals surface area contributed by atoms with Crippen LogP contribution in [0.5, 0.6) is 5.75 Å². The van der Waals surface area contributed by atoms with Gasteiger partial charge in [0.2, 0.25) is 0 Å². The third kappa shape index (κ3) is 5.38. The van der Waals surface area contributed by atoms with Gasteiger partial charge in [-0.05, 0) is 62.6 Å². The van der Waals surface area contributed by atoms with Gasteiger partial charge in [0.25, 0.3) is 11.6 Å². The lowest BCUT2D eigenvalue weighted by Gasteiger charge is -2.12. The summed E-state index contributed by atoms with van der Waals surface area (Å²) >= 11 is 1.23. The molecule has 2 aromatic carbocycles. The van der Waals surface area contributed by atoms with E-state index >= 15 is 0 Å². The van der Waals surface area contributed by atoms with Crippen molar-refractivity contribution in [1.29, 1.82) is 0 Å². The molecule has 0 aliphatic carbocycles. The second-order valence-corrected chi connectivity index (χ2v) is 8.52. The van der Waals surface area contributed by atoms with Gasteiger partial charge >= 0.3 is 5.97 Å². The molecule has 33 heavy (non-hydrogen) atoms. The maximum atomic E-state index is 12.8. The fourth-order valence-corrected chi connectivity index (χ4v) is 4.40. The SMILES string of the molecule is CCOC(=O)c1c(NC(=O)COc2cccc(C)c2C)sc(C)c1-c1ccc([N+](=O)[O-])cc1. The molecule has 3 rings (SSSR count). The number of carbonyl (C=O) groups excluding carboxylic acids is 2. The van der Waals surface area contributed by atoms with Crippen LogP contribution in [-0.4, -0.2) is 30.0 Å². The predicted octanol–water partition coefficient (Wildman–Crippen LogP) is 5.44. The van der Waals surface area contributed by atoms with Gasteiger partial charge in [-0.25, -0.2) is 4.79 Å². The summed E-state index contributed by atoms with van der Waals surface area (Å²) in [6, 6.07) is 11.5. The Morgan fingerprint density at radius 3 is 2.42 bits per heavy atom. The molecule has 3 aromatic rings. The standard InChI is InChI=1S/C24H24N2O6S/c1-5-31-24(28)22-21(17-9-11-18(12-10-17)26(29)30)16(4)33-23(22)25-20(27)13-32-19-8-6-7-14(2)15(19)3/h6-12H,5,13H2,1-4H3,(H,25,27). The number of non-ortho nitro benzene ring substituents is 1. The molecule has 1 aromatic heterocycles. The Morgan fingerprint density at radius 1 is 1.09 bits per heavy atom. The second-order valence-electron chi connectivity index (χ2n) is 7.30. The fourth-order valence-electron chi connectivity index (χ4n) is 3.31.